The summed E-state index contributed by atoms with van der Waals surface area (Å²) in [5.74, 6) is 0.810. The van der Waals surface area contributed by atoms with Gasteiger partial charge in [0.15, 0.2) is 0 Å². The lowest BCUT2D eigenvalue weighted by molar-refractivity contribution is 0.263. The Balaban J connectivity index is 1.69. The third kappa shape index (κ3) is 5.20. The first-order valence-corrected chi connectivity index (χ1v) is 10.5. The molecule has 0 radical (unpaired) electrons. The van der Waals surface area contributed by atoms with Gasteiger partial charge in [-0.05, 0) is 48.0 Å². The minimum Gasteiger partial charge on any atom is -0.497 e. The van der Waals surface area contributed by atoms with E-state index in [0.717, 1.165) is 33.8 Å². The molecular weight excluding hydrogens is 398 g/mol. The number of aromatic nitrogens is 3. The predicted molar refractivity (Wildman–Crippen MR) is 124 cm³/mol. The molecule has 0 N–H and O–H groups in total. The van der Waals surface area contributed by atoms with Gasteiger partial charge < -0.3 is 4.74 Å². The molecule has 2 aromatic heterocycles. The van der Waals surface area contributed by atoms with E-state index in [1.54, 1.807) is 13.3 Å². The number of pyridine rings is 1. The van der Waals surface area contributed by atoms with Gasteiger partial charge >= 0.3 is 0 Å². The van der Waals surface area contributed by atoms with Crippen LogP contribution in [0.3, 0.4) is 0 Å². The van der Waals surface area contributed by atoms with Gasteiger partial charge in [-0.25, -0.2) is 4.68 Å². The van der Waals surface area contributed by atoms with E-state index >= 15 is 0 Å². The second-order valence-electron chi connectivity index (χ2n) is 7.49. The van der Waals surface area contributed by atoms with Crippen LogP contribution in [0.5, 0.6) is 5.75 Å². The van der Waals surface area contributed by atoms with Gasteiger partial charge in [-0.1, -0.05) is 24.3 Å². The molecule has 6 nitrogen and oxygen atoms in total. The molecule has 0 saturated heterocycles. The van der Waals surface area contributed by atoms with Crippen LogP contribution in [0.25, 0.3) is 16.9 Å². The van der Waals surface area contributed by atoms with Crippen LogP contribution in [0.1, 0.15) is 17.5 Å². The molecule has 0 atom stereocenters. The standard InChI is InChI=1S/C26H25N5O/c1-32-25-12-10-22(11-13-25)26-23(20-31(29-26)24-8-3-2-4-9-24)19-30(16-6-14-27)18-21-7-5-15-28-17-21/h2-5,7-13,15,17,20H,6,16,18-19H2,1H3. The van der Waals surface area contributed by atoms with Crippen LogP contribution in [0, 0.1) is 11.3 Å². The van der Waals surface area contributed by atoms with Crippen molar-refractivity contribution in [3.05, 3.63) is 96.4 Å². The van der Waals surface area contributed by atoms with E-state index in [9.17, 15) is 0 Å². The zero-order valence-corrected chi connectivity index (χ0v) is 18.1. The van der Waals surface area contributed by atoms with Gasteiger partial charge in [0.25, 0.3) is 0 Å². The first-order chi connectivity index (χ1) is 15.8. The Morgan fingerprint density at radius 3 is 2.50 bits per heavy atom. The van der Waals surface area contributed by atoms with Crippen LogP contribution in [0.4, 0.5) is 0 Å². The van der Waals surface area contributed by atoms with Crippen molar-refractivity contribution in [2.45, 2.75) is 19.5 Å². The summed E-state index contributed by atoms with van der Waals surface area (Å²) in [6, 6.07) is 24.3. The van der Waals surface area contributed by atoms with Crippen molar-refractivity contribution in [3.63, 3.8) is 0 Å². The van der Waals surface area contributed by atoms with Crippen molar-refractivity contribution in [2.24, 2.45) is 0 Å². The summed E-state index contributed by atoms with van der Waals surface area (Å²) >= 11 is 0. The second kappa shape index (κ2) is 10.4. The first-order valence-electron chi connectivity index (χ1n) is 10.5. The minimum atomic E-state index is 0.463. The Kier molecular flexibility index (Phi) is 6.91. The van der Waals surface area contributed by atoms with Gasteiger partial charge in [-0.3, -0.25) is 9.88 Å². The Hall–Kier alpha value is -3.95. The van der Waals surface area contributed by atoms with Gasteiger partial charge in [0.05, 0.1) is 24.6 Å². The first kappa shape index (κ1) is 21.3. The summed E-state index contributed by atoms with van der Waals surface area (Å²) in [6.45, 7) is 2.06. The molecule has 0 saturated carbocycles. The van der Waals surface area contributed by atoms with Crippen molar-refractivity contribution in [3.8, 4) is 28.8 Å². The van der Waals surface area contributed by atoms with Crippen LogP contribution in [-0.2, 0) is 13.1 Å². The summed E-state index contributed by atoms with van der Waals surface area (Å²) in [5.41, 5.74) is 5.17. The third-order valence-electron chi connectivity index (χ3n) is 5.24. The Bertz CT molecular complexity index is 1160. The number of nitrogens with zero attached hydrogens (tertiary/aromatic N) is 5. The fraction of sp³-hybridized carbons (Fsp3) is 0.192. The van der Waals surface area contributed by atoms with E-state index in [1.165, 1.54) is 0 Å². The fourth-order valence-electron chi connectivity index (χ4n) is 3.64. The maximum atomic E-state index is 9.16. The zero-order valence-electron chi connectivity index (χ0n) is 18.1. The molecule has 4 aromatic rings. The number of rotatable bonds is 9. The van der Waals surface area contributed by atoms with Crippen molar-refractivity contribution < 1.29 is 4.74 Å². The van der Waals surface area contributed by atoms with E-state index < -0.39 is 0 Å². The number of hydrogen-bond acceptors (Lipinski definition) is 5. The zero-order chi connectivity index (χ0) is 22.2. The monoisotopic (exact) mass is 423 g/mol. The Morgan fingerprint density at radius 1 is 1.00 bits per heavy atom. The number of nitriles is 1. The summed E-state index contributed by atoms with van der Waals surface area (Å²) in [6.07, 6.45) is 6.19. The van der Waals surface area contributed by atoms with E-state index in [0.29, 0.717) is 26.1 Å². The molecule has 0 bridgehead atoms. The van der Waals surface area contributed by atoms with Gasteiger partial charge in [-0.2, -0.15) is 10.4 Å². The lowest BCUT2D eigenvalue weighted by atomic mass is 10.1. The van der Waals surface area contributed by atoms with Gasteiger partial charge in [0.2, 0.25) is 0 Å². The molecule has 4 rings (SSSR count). The highest BCUT2D eigenvalue weighted by atomic mass is 16.5. The molecule has 0 aliphatic carbocycles. The summed E-state index contributed by atoms with van der Waals surface area (Å²) in [5, 5.41) is 14.1. The van der Waals surface area contributed by atoms with Crippen molar-refractivity contribution in [1.29, 1.82) is 5.26 Å². The molecule has 160 valence electrons. The SMILES string of the molecule is COc1ccc(-c2nn(-c3ccccc3)cc2CN(CCC#N)Cc2cccnc2)cc1. The van der Waals surface area contributed by atoms with Crippen LogP contribution in [0.15, 0.2) is 85.3 Å². The smallest absolute Gasteiger partial charge is 0.118 e. The molecule has 6 heteroatoms. The molecule has 0 amide bonds. The normalized spacial score (nSPS) is 10.8. The number of methoxy groups -OCH3 is 1. The molecule has 0 aliphatic heterocycles. The summed E-state index contributed by atoms with van der Waals surface area (Å²) in [7, 11) is 1.66. The second-order valence-corrected chi connectivity index (χ2v) is 7.49. The van der Waals surface area contributed by atoms with Crippen molar-refractivity contribution >= 4 is 0 Å². The molecule has 2 aromatic carbocycles. The van der Waals surface area contributed by atoms with E-state index in [2.05, 4.69) is 28.2 Å². The third-order valence-corrected chi connectivity index (χ3v) is 5.24. The Morgan fingerprint density at radius 2 is 1.81 bits per heavy atom. The highest BCUT2D eigenvalue weighted by molar-refractivity contribution is 5.64. The molecule has 2 heterocycles. The number of para-hydroxylation sites is 1. The highest BCUT2D eigenvalue weighted by Crippen LogP contribution is 2.27. The molecule has 32 heavy (non-hydrogen) atoms. The number of benzene rings is 2. The van der Waals surface area contributed by atoms with Crippen LogP contribution >= 0.6 is 0 Å². The maximum Gasteiger partial charge on any atom is 0.118 e. The van der Waals surface area contributed by atoms with Gasteiger partial charge in [-0.15, -0.1) is 0 Å². The van der Waals surface area contributed by atoms with Crippen molar-refractivity contribution in [1.82, 2.24) is 19.7 Å². The molecule has 0 fully saturated rings. The van der Waals surface area contributed by atoms with E-state index in [4.69, 9.17) is 15.1 Å². The average molecular weight is 424 g/mol. The Labute approximate surface area is 188 Å². The van der Waals surface area contributed by atoms with Crippen molar-refractivity contribution in [2.75, 3.05) is 13.7 Å². The molecule has 0 spiro atoms. The van der Waals surface area contributed by atoms with E-state index in [-0.39, 0.29) is 0 Å². The summed E-state index contributed by atoms with van der Waals surface area (Å²) in [4.78, 5) is 6.49. The highest BCUT2D eigenvalue weighted by Gasteiger charge is 2.16. The van der Waals surface area contributed by atoms with E-state index in [1.807, 2.05) is 71.5 Å². The van der Waals surface area contributed by atoms with Crippen LogP contribution < -0.4 is 4.74 Å². The summed E-state index contributed by atoms with van der Waals surface area (Å²) < 4.78 is 7.23. The number of hydrogen-bond donors (Lipinski definition) is 0. The molecule has 0 unspecified atom stereocenters. The fourth-order valence-corrected chi connectivity index (χ4v) is 3.64. The van der Waals surface area contributed by atoms with Gasteiger partial charge in [0, 0.05) is 55.8 Å². The van der Waals surface area contributed by atoms with Gasteiger partial charge in [0.1, 0.15) is 5.75 Å². The largest absolute Gasteiger partial charge is 0.497 e. The number of ether oxygens (including phenoxy) is 1. The molecule has 0 aliphatic rings. The minimum absolute atomic E-state index is 0.463. The average Bonchev–Trinajstić information content (AvgIpc) is 3.27. The topological polar surface area (TPSA) is 67.0 Å². The predicted octanol–water partition coefficient (Wildman–Crippen LogP) is 4.86. The molecular formula is C26H25N5O. The quantitative estimate of drug-likeness (QED) is 0.385. The lowest BCUT2D eigenvalue weighted by Crippen LogP contribution is -2.24. The maximum absolute atomic E-state index is 9.16. The van der Waals surface area contributed by atoms with Crippen LogP contribution in [-0.4, -0.2) is 33.3 Å². The van der Waals surface area contributed by atoms with Crippen LogP contribution in [0.2, 0.25) is 0 Å². The lowest BCUT2D eigenvalue weighted by Gasteiger charge is -2.21.